The summed E-state index contributed by atoms with van der Waals surface area (Å²) in [6.07, 6.45) is 0. The average molecular weight is 256 g/mol. The lowest BCUT2D eigenvalue weighted by atomic mass is 10.2. The third-order valence-corrected chi connectivity index (χ3v) is 2.17. The molecule has 1 amide bonds. The van der Waals surface area contributed by atoms with Gasteiger partial charge in [0.25, 0.3) is 5.91 Å². The molecule has 0 spiro atoms. The van der Waals surface area contributed by atoms with Crippen molar-refractivity contribution in [2.75, 3.05) is 13.7 Å². The molecule has 1 rings (SSSR count). The third kappa shape index (κ3) is 3.70. The van der Waals surface area contributed by atoms with Crippen molar-refractivity contribution >= 4 is 11.9 Å². The predicted octanol–water partition coefficient (Wildman–Crippen LogP) is -0.0240. The lowest BCUT2D eigenvalue weighted by Gasteiger charge is -2.09. The molecule has 4 N–H and O–H groups in total. The van der Waals surface area contributed by atoms with E-state index in [1.807, 2.05) is 0 Å². The quantitative estimate of drug-likeness (QED) is 0.687. The van der Waals surface area contributed by atoms with Gasteiger partial charge in [0, 0.05) is 18.2 Å². The summed E-state index contributed by atoms with van der Waals surface area (Å²) in [4.78, 5) is 22.1. The molecule has 1 aromatic carbocycles. The second-order valence-corrected chi connectivity index (χ2v) is 3.53. The Morgan fingerprint density at radius 2 is 2.17 bits per heavy atom. The van der Waals surface area contributed by atoms with Gasteiger partial charge in [-0.1, -0.05) is 0 Å². The van der Waals surface area contributed by atoms with E-state index in [0.29, 0.717) is 0 Å². The monoisotopic (exact) mass is 256 g/mol. The van der Waals surface area contributed by atoms with E-state index in [-0.39, 0.29) is 17.9 Å². The van der Waals surface area contributed by atoms with Gasteiger partial charge in [-0.05, 0) is 12.1 Å². The fraction of sp³-hybridized carbons (Fsp3) is 0.273. The van der Waals surface area contributed by atoms with Crippen LogP contribution in [0.3, 0.4) is 0 Å². The molecule has 0 unspecified atom stereocenters. The smallest absolute Gasteiger partial charge is 0.322 e. The molecule has 0 aliphatic heterocycles. The molecule has 0 saturated heterocycles. The van der Waals surface area contributed by atoms with Crippen molar-refractivity contribution in [3.05, 3.63) is 29.6 Å². The summed E-state index contributed by atoms with van der Waals surface area (Å²) >= 11 is 0. The molecule has 0 aromatic heterocycles. The molecular weight excluding hydrogens is 243 g/mol. The number of nitrogens with one attached hydrogen (secondary N) is 1. The Morgan fingerprint density at radius 1 is 1.50 bits per heavy atom. The van der Waals surface area contributed by atoms with Crippen LogP contribution < -0.4 is 15.8 Å². The maximum absolute atomic E-state index is 13.1. The van der Waals surface area contributed by atoms with Crippen LogP contribution in [0.25, 0.3) is 0 Å². The number of rotatable bonds is 5. The number of hydrogen-bond donors (Lipinski definition) is 3. The molecule has 7 heteroatoms. The van der Waals surface area contributed by atoms with Gasteiger partial charge in [-0.25, -0.2) is 4.39 Å². The minimum absolute atomic E-state index is 0.0319. The van der Waals surface area contributed by atoms with Crippen molar-refractivity contribution in [3.63, 3.8) is 0 Å². The van der Waals surface area contributed by atoms with Crippen LogP contribution in [0.4, 0.5) is 4.39 Å². The summed E-state index contributed by atoms with van der Waals surface area (Å²) in [6.45, 7) is -0.243. The van der Waals surface area contributed by atoms with E-state index in [1.54, 1.807) is 0 Å². The Kier molecular flexibility index (Phi) is 4.61. The van der Waals surface area contributed by atoms with Gasteiger partial charge in [0.1, 0.15) is 17.6 Å². The van der Waals surface area contributed by atoms with Gasteiger partial charge in [-0.3, -0.25) is 9.59 Å². The topological polar surface area (TPSA) is 102 Å². The Balaban J connectivity index is 2.72. The summed E-state index contributed by atoms with van der Waals surface area (Å²) in [5.41, 5.74) is 5.25. The number of benzene rings is 1. The van der Waals surface area contributed by atoms with E-state index in [1.165, 1.54) is 13.2 Å². The van der Waals surface area contributed by atoms with Gasteiger partial charge in [-0.15, -0.1) is 0 Å². The number of halogens is 1. The third-order valence-electron chi connectivity index (χ3n) is 2.17. The maximum atomic E-state index is 13.1. The van der Waals surface area contributed by atoms with E-state index in [2.05, 4.69) is 5.32 Å². The molecule has 6 nitrogen and oxygen atoms in total. The van der Waals surface area contributed by atoms with Gasteiger partial charge in [0.2, 0.25) is 0 Å². The van der Waals surface area contributed by atoms with Crippen molar-refractivity contribution in [2.24, 2.45) is 5.73 Å². The van der Waals surface area contributed by atoms with Crippen molar-refractivity contribution < 1.29 is 23.8 Å². The summed E-state index contributed by atoms with van der Waals surface area (Å²) in [7, 11) is 1.34. The van der Waals surface area contributed by atoms with Gasteiger partial charge < -0.3 is 20.9 Å². The number of hydrogen-bond acceptors (Lipinski definition) is 4. The molecule has 1 aromatic rings. The van der Waals surface area contributed by atoms with E-state index in [0.717, 1.165) is 12.1 Å². The van der Waals surface area contributed by atoms with Gasteiger partial charge in [-0.2, -0.15) is 0 Å². The highest BCUT2D eigenvalue weighted by Crippen LogP contribution is 2.15. The first-order valence-corrected chi connectivity index (χ1v) is 5.05. The zero-order valence-corrected chi connectivity index (χ0v) is 9.64. The Hall–Kier alpha value is -2.15. The minimum Gasteiger partial charge on any atom is -0.497 e. The number of nitrogens with two attached hydrogens (primary N) is 1. The average Bonchev–Trinajstić information content (AvgIpc) is 2.34. The Morgan fingerprint density at radius 3 is 2.72 bits per heavy atom. The maximum Gasteiger partial charge on any atom is 0.322 e. The molecule has 0 aliphatic carbocycles. The van der Waals surface area contributed by atoms with Crippen LogP contribution in [0.1, 0.15) is 10.4 Å². The standard InChI is InChI=1S/C11H13FN2O4/c1-18-8-3-6(2-7(12)4-8)10(15)14-5-9(13)11(16)17/h2-4,9H,5,13H2,1H3,(H,14,15)(H,16,17)/t9-/m1/s1. The number of carbonyl (C=O) groups excluding carboxylic acids is 1. The Bertz CT molecular complexity index is 464. The SMILES string of the molecule is COc1cc(F)cc(C(=O)NC[C@@H](N)C(=O)O)c1. The summed E-state index contributed by atoms with van der Waals surface area (Å²) in [5.74, 6) is -2.28. The molecule has 18 heavy (non-hydrogen) atoms. The molecule has 1 atom stereocenters. The summed E-state index contributed by atoms with van der Waals surface area (Å²) < 4.78 is 17.9. The number of aliphatic carboxylic acids is 1. The van der Waals surface area contributed by atoms with Crippen LogP contribution in [0, 0.1) is 5.82 Å². The first kappa shape index (κ1) is 13.9. The van der Waals surface area contributed by atoms with Crippen LogP contribution in [0.15, 0.2) is 18.2 Å². The number of ether oxygens (including phenoxy) is 1. The lowest BCUT2D eigenvalue weighted by molar-refractivity contribution is -0.138. The zero-order chi connectivity index (χ0) is 13.7. The van der Waals surface area contributed by atoms with Crippen LogP contribution in [0.2, 0.25) is 0 Å². The van der Waals surface area contributed by atoms with E-state index in [4.69, 9.17) is 15.6 Å². The number of methoxy groups -OCH3 is 1. The fourth-order valence-corrected chi connectivity index (χ4v) is 1.20. The summed E-state index contributed by atoms with van der Waals surface area (Å²) in [5, 5.41) is 10.8. The van der Waals surface area contributed by atoms with Crippen LogP contribution in [-0.4, -0.2) is 36.7 Å². The molecule has 0 heterocycles. The van der Waals surface area contributed by atoms with Gasteiger partial charge >= 0.3 is 5.97 Å². The fourth-order valence-electron chi connectivity index (χ4n) is 1.20. The predicted molar refractivity (Wildman–Crippen MR) is 60.9 cm³/mol. The van der Waals surface area contributed by atoms with Crippen molar-refractivity contribution in [3.8, 4) is 5.75 Å². The van der Waals surface area contributed by atoms with E-state index < -0.39 is 23.7 Å². The second-order valence-electron chi connectivity index (χ2n) is 3.53. The molecule has 0 radical (unpaired) electrons. The molecule has 0 saturated carbocycles. The molecular formula is C11H13FN2O4. The molecule has 0 fully saturated rings. The largest absolute Gasteiger partial charge is 0.497 e. The van der Waals surface area contributed by atoms with Crippen LogP contribution in [-0.2, 0) is 4.79 Å². The first-order valence-electron chi connectivity index (χ1n) is 5.05. The lowest BCUT2D eigenvalue weighted by Crippen LogP contribution is -2.42. The van der Waals surface area contributed by atoms with Crippen molar-refractivity contribution in [1.82, 2.24) is 5.32 Å². The zero-order valence-electron chi connectivity index (χ0n) is 9.64. The number of amides is 1. The summed E-state index contributed by atoms with van der Waals surface area (Å²) in [6, 6.07) is 2.28. The molecule has 98 valence electrons. The van der Waals surface area contributed by atoms with Crippen LogP contribution in [0.5, 0.6) is 5.75 Å². The van der Waals surface area contributed by atoms with Gasteiger partial charge in [0.05, 0.1) is 7.11 Å². The number of carboxylic acids is 1. The van der Waals surface area contributed by atoms with E-state index in [9.17, 15) is 14.0 Å². The number of carboxylic acid groups (broad SMARTS) is 1. The first-order chi connectivity index (χ1) is 8.43. The molecule has 0 aliphatic rings. The van der Waals surface area contributed by atoms with Crippen molar-refractivity contribution in [2.45, 2.75) is 6.04 Å². The minimum atomic E-state index is -1.23. The van der Waals surface area contributed by atoms with Gasteiger partial charge in [0.15, 0.2) is 0 Å². The Labute approximate surface area is 103 Å². The highest BCUT2D eigenvalue weighted by Gasteiger charge is 2.14. The normalized spacial score (nSPS) is 11.7. The van der Waals surface area contributed by atoms with Crippen molar-refractivity contribution in [1.29, 1.82) is 0 Å². The highest BCUT2D eigenvalue weighted by molar-refractivity contribution is 5.94. The second kappa shape index (κ2) is 5.97. The molecule has 0 bridgehead atoms. The number of carbonyl (C=O) groups is 2. The van der Waals surface area contributed by atoms with E-state index >= 15 is 0 Å². The highest BCUT2D eigenvalue weighted by atomic mass is 19.1. The van der Waals surface area contributed by atoms with Crippen LogP contribution >= 0.6 is 0 Å².